The Morgan fingerprint density at radius 2 is 1.90 bits per heavy atom. The molecule has 0 aromatic carbocycles. The minimum Gasteiger partial charge on any atom is -0.336 e. The number of carbonyl (C=O) groups is 1. The molecule has 0 N–H and O–H groups in total. The molecule has 2 aliphatic rings. The molecule has 1 saturated heterocycles. The highest BCUT2D eigenvalue weighted by atomic mass is 35.5. The van der Waals surface area contributed by atoms with E-state index in [1.165, 1.54) is 25.7 Å². The van der Waals surface area contributed by atoms with Crippen LogP contribution in [-0.2, 0) is 0 Å². The van der Waals surface area contributed by atoms with Gasteiger partial charge in [-0.25, -0.2) is 4.98 Å². The molecule has 114 valence electrons. The number of nitrogens with zero attached hydrogens (tertiary/aromatic N) is 3. The van der Waals surface area contributed by atoms with Gasteiger partial charge in [0.1, 0.15) is 10.8 Å². The Kier molecular flexibility index (Phi) is 4.76. The van der Waals surface area contributed by atoms with Crippen molar-refractivity contribution in [3.8, 4) is 0 Å². The summed E-state index contributed by atoms with van der Waals surface area (Å²) in [6, 6.07) is 5.96. The van der Waals surface area contributed by atoms with E-state index in [1.54, 1.807) is 18.2 Å². The van der Waals surface area contributed by atoms with Crippen LogP contribution in [0.15, 0.2) is 18.2 Å². The van der Waals surface area contributed by atoms with Gasteiger partial charge in [0.2, 0.25) is 0 Å². The van der Waals surface area contributed by atoms with E-state index in [-0.39, 0.29) is 5.91 Å². The average Bonchev–Trinajstić information content (AvgIpc) is 2.91. The van der Waals surface area contributed by atoms with Crippen LogP contribution in [-0.4, -0.2) is 52.9 Å². The Morgan fingerprint density at radius 1 is 1.10 bits per heavy atom. The van der Waals surface area contributed by atoms with E-state index in [2.05, 4.69) is 9.88 Å². The van der Waals surface area contributed by atoms with E-state index >= 15 is 0 Å². The molecule has 0 bridgehead atoms. The summed E-state index contributed by atoms with van der Waals surface area (Å²) in [5.41, 5.74) is 0.455. The van der Waals surface area contributed by atoms with Crippen molar-refractivity contribution in [1.29, 1.82) is 0 Å². The van der Waals surface area contributed by atoms with Crippen LogP contribution in [0.2, 0.25) is 5.15 Å². The third-order valence-corrected chi connectivity index (χ3v) is 4.80. The molecule has 3 rings (SSSR count). The van der Waals surface area contributed by atoms with E-state index in [0.717, 1.165) is 38.6 Å². The van der Waals surface area contributed by atoms with Crippen LogP contribution >= 0.6 is 11.6 Å². The zero-order valence-corrected chi connectivity index (χ0v) is 13.1. The second-order valence-electron chi connectivity index (χ2n) is 5.97. The second kappa shape index (κ2) is 6.75. The fourth-order valence-electron chi connectivity index (χ4n) is 3.46. The molecule has 1 amide bonds. The minimum absolute atomic E-state index is 0.00534. The molecule has 0 spiro atoms. The Bertz CT molecular complexity index is 502. The monoisotopic (exact) mass is 307 g/mol. The van der Waals surface area contributed by atoms with Gasteiger partial charge in [-0.05, 0) is 31.4 Å². The van der Waals surface area contributed by atoms with Crippen molar-refractivity contribution >= 4 is 17.5 Å². The number of amides is 1. The molecule has 0 atom stereocenters. The van der Waals surface area contributed by atoms with E-state index < -0.39 is 0 Å². The van der Waals surface area contributed by atoms with Crippen molar-refractivity contribution in [2.75, 3.05) is 26.2 Å². The predicted octanol–water partition coefficient (Wildman–Crippen LogP) is 2.83. The Labute approximate surface area is 131 Å². The first kappa shape index (κ1) is 14.8. The van der Waals surface area contributed by atoms with Gasteiger partial charge in [-0.3, -0.25) is 9.69 Å². The molecule has 21 heavy (non-hydrogen) atoms. The lowest BCUT2D eigenvalue weighted by atomic mass is 10.2. The number of rotatable bonds is 2. The number of halogens is 1. The zero-order valence-electron chi connectivity index (χ0n) is 12.3. The maximum Gasteiger partial charge on any atom is 0.272 e. The van der Waals surface area contributed by atoms with Gasteiger partial charge in [0, 0.05) is 32.2 Å². The normalized spacial score (nSPS) is 21.5. The molecule has 0 unspecified atom stereocenters. The lowest BCUT2D eigenvalue weighted by Crippen LogP contribution is -2.38. The summed E-state index contributed by atoms with van der Waals surface area (Å²) >= 11 is 5.88. The highest BCUT2D eigenvalue weighted by Gasteiger charge is 2.26. The number of hydrogen-bond acceptors (Lipinski definition) is 3. The largest absolute Gasteiger partial charge is 0.336 e. The van der Waals surface area contributed by atoms with Gasteiger partial charge in [0.15, 0.2) is 0 Å². The van der Waals surface area contributed by atoms with E-state index in [4.69, 9.17) is 11.6 Å². The number of carbonyl (C=O) groups excluding carboxylic acids is 1. The smallest absolute Gasteiger partial charge is 0.272 e. The number of aromatic nitrogens is 1. The van der Waals surface area contributed by atoms with Crippen molar-refractivity contribution in [3.63, 3.8) is 0 Å². The summed E-state index contributed by atoms with van der Waals surface area (Å²) in [6.07, 6.45) is 6.41. The van der Waals surface area contributed by atoms with Gasteiger partial charge >= 0.3 is 0 Å². The summed E-state index contributed by atoms with van der Waals surface area (Å²) in [5, 5.41) is 0.378. The predicted molar refractivity (Wildman–Crippen MR) is 83.6 cm³/mol. The summed E-state index contributed by atoms with van der Waals surface area (Å²) in [6.45, 7) is 3.70. The Morgan fingerprint density at radius 3 is 2.67 bits per heavy atom. The van der Waals surface area contributed by atoms with E-state index in [9.17, 15) is 4.79 Å². The van der Waals surface area contributed by atoms with E-state index in [0.29, 0.717) is 10.8 Å². The third kappa shape index (κ3) is 3.55. The quantitative estimate of drug-likeness (QED) is 0.788. The lowest BCUT2D eigenvalue weighted by Gasteiger charge is -2.27. The highest BCUT2D eigenvalue weighted by molar-refractivity contribution is 6.29. The van der Waals surface area contributed by atoms with Crippen LogP contribution in [0, 0.1) is 0 Å². The number of pyridine rings is 1. The van der Waals surface area contributed by atoms with Crippen LogP contribution in [0.4, 0.5) is 0 Å². The van der Waals surface area contributed by atoms with Crippen molar-refractivity contribution in [2.24, 2.45) is 0 Å². The molecular weight excluding hydrogens is 286 g/mol. The molecule has 1 aromatic rings. The zero-order chi connectivity index (χ0) is 14.7. The molecule has 1 aliphatic heterocycles. The highest BCUT2D eigenvalue weighted by Crippen LogP contribution is 2.24. The van der Waals surface area contributed by atoms with Crippen molar-refractivity contribution in [2.45, 2.75) is 38.1 Å². The van der Waals surface area contributed by atoms with Gasteiger partial charge in [-0.2, -0.15) is 0 Å². The topological polar surface area (TPSA) is 36.4 Å². The molecule has 2 fully saturated rings. The van der Waals surface area contributed by atoms with Gasteiger partial charge in [0.25, 0.3) is 5.91 Å². The summed E-state index contributed by atoms with van der Waals surface area (Å²) in [7, 11) is 0. The third-order valence-electron chi connectivity index (χ3n) is 4.59. The summed E-state index contributed by atoms with van der Waals surface area (Å²) < 4.78 is 0. The van der Waals surface area contributed by atoms with Crippen molar-refractivity contribution in [3.05, 3.63) is 29.0 Å². The molecule has 1 aromatic heterocycles. The molecule has 1 aliphatic carbocycles. The first-order valence-corrected chi connectivity index (χ1v) is 8.28. The minimum atomic E-state index is 0.00534. The standard InChI is InChI=1S/C16H22ClN3O/c17-15-8-3-7-14(18-15)16(21)20-10-4-9-19(11-12-20)13-5-1-2-6-13/h3,7-8,13H,1-2,4-6,9-12H2. The SMILES string of the molecule is O=C(c1cccc(Cl)n1)N1CCCN(C2CCCC2)CC1. The first-order chi connectivity index (χ1) is 10.2. The number of hydrogen-bond donors (Lipinski definition) is 0. The molecule has 2 heterocycles. The molecule has 0 radical (unpaired) electrons. The molecule has 5 heteroatoms. The molecule has 1 saturated carbocycles. The average molecular weight is 308 g/mol. The molecule has 4 nitrogen and oxygen atoms in total. The first-order valence-electron chi connectivity index (χ1n) is 7.90. The van der Waals surface area contributed by atoms with Crippen molar-refractivity contribution in [1.82, 2.24) is 14.8 Å². The lowest BCUT2D eigenvalue weighted by molar-refractivity contribution is 0.0752. The van der Waals surface area contributed by atoms with Gasteiger partial charge < -0.3 is 4.90 Å². The molecular formula is C16H22ClN3O. The van der Waals surface area contributed by atoms with Crippen LogP contribution in [0.25, 0.3) is 0 Å². The van der Waals surface area contributed by atoms with Crippen LogP contribution in [0.3, 0.4) is 0 Å². The van der Waals surface area contributed by atoms with Crippen LogP contribution < -0.4 is 0 Å². The summed E-state index contributed by atoms with van der Waals surface area (Å²) in [4.78, 5) is 21.2. The Hall–Kier alpha value is -1.13. The van der Waals surface area contributed by atoms with Gasteiger partial charge in [0.05, 0.1) is 0 Å². The summed E-state index contributed by atoms with van der Waals surface area (Å²) in [5.74, 6) is 0.00534. The van der Waals surface area contributed by atoms with E-state index in [1.807, 2.05) is 4.90 Å². The van der Waals surface area contributed by atoms with Crippen LogP contribution in [0.1, 0.15) is 42.6 Å². The van der Waals surface area contributed by atoms with Crippen molar-refractivity contribution < 1.29 is 4.79 Å². The fraction of sp³-hybridized carbons (Fsp3) is 0.625. The fourth-order valence-corrected chi connectivity index (χ4v) is 3.63. The maximum atomic E-state index is 12.5. The maximum absolute atomic E-state index is 12.5. The van der Waals surface area contributed by atoms with Gasteiger partial charge in [-0.15, -0.1) is 0 Å². The van der Waals surface area contributed by atoms with Gasteiger partial charge in [-0.1, -0.05) is 30.5 Å². The van der Waals surface area contributed by atoms with Crippen LogP contribution in [0.5, 0.6) is 0 Å². The Balaban J connectivity index is 1.63. The second-order valence-corrected chi connectivity index (χ2v) is 6.35.